The molecule has 0 aromatic heterocycles. The summed E-state index contributed by atoms with van der Waals surface area (Å²) in [6, 6.07) is 11.9. The van der Waals surface area contributed by atoms with E-state index < -0.39 is 10.0 Å². The highest BCUT2D eigenvalue weighted by Crippen LogP contribution is 2.28. The van der Waals surface area contributed by atoms with Crippen LogP contribution in [0.2, 0.25) is 5.02 Å². The molecule has 1 aliphatic rings. The van der Waals surface area contributed by atoms with Crippen molar-refractivity contribution in [2.75, 3.05) is 16.2 Å². The minimum absolute atomic E-state index is 0.110. The van der Waals surface area contributed by atoms with Gasteiger partial charge in [-0.05, 0) is 54.8 Å². The van der Waals surface area contributed by atoms with Crippen LogP contribution in [-0.2, 0) is 20.6 Å². The van der Waals surface area contributed by atoms with Crippen molar-refractivity contribution in [3.05, 3.63) is 58.6 Å². The van der Waals surface area contributed by atoms with E-state index >= 15 is 0 Å². The van der Waals surface area contributed by atoms with E-state index in [-0.39, 0.29) is 11.7 Å². The predicted octanol–water partition coefficient (Wildman–Crippen LogP) is 3.72. The molecule has 0 bridgehead atoms. The molecule has 25 heavy (non-hydrogen) atoms. The zero-order valence-electron chi connectivity index (χ0n) is 13.8. The molecular weight excluding hydrogens is 360 g/mol. The van der Waals surface area contributed by atoms with E-state index in [1.807, 2.05) is 6.92 Å². The number of hydrogen-bond donors (Lipinski definition) is 1. The number of amides is 1. The van der Waals surface area contributed by atoms with E-state index in [0.29, 0.717) is 29.2 Å². The summed E-state index contributed by atoms with van der Waals surface area (Å²) in [5, 5.41) is 0.566. The first-order valence-corrected chi connectivity index (χ1v) is 10.0. The molecule has 0 atom stereocenters. The summed E-state index contributed by atoms with van der Waals surface area (Å²) in [4.78, 5) is 13.6. The van der Waals surface area contributed by atoms with Crippen LogP contribution in [0, 0.1) is 6.92 Å². The Labute approximate surface area is 152 Å². The van der Waals surface area contributed by atoms with Gasteiger partial charge < -0.3 is 4.90 Å². The zero-order chi connectivity index (χ0) is 18.0. The molecule has 3 rings (SSSR count). The molecule has 1 saturated heterocycles. The van der Waals surface area contributed by atoms with E-state index in [2.05, 4.69) is 4.72 Å². The first-order valence-electron chi connectivity index (χ1n) is 8.00. The molecule has 5 nitrogen and oxygen atoms in total. The second kappa shape index (κ2) is 7.06. The third-order valence-corrected chi connectivity index (χ3v) is 5.62. The maximum absolute atomic E-state index is 12.4. The Morgan fingerprint density at radius 2 is 1.88 bits per heavy atom. The summed E-state index contributed by atoms with van der Waals surface area (Å²) in [5.41, 5.74) is 2.85. The minimum Gasteiger partial charge on any atom is -0.312 e. The lowest BCUT2D eigenvalue weighted by molar-refractivity contribution is -0.117. The molecule has 0 radical (unpaired) electrons. The van der Waals surface area contributed by atoms with Crippen LogP contribution in [0.1, 0.15) is 24.0 Å². The van der Waals surface area contributed by atoms with Gasteiger partial charge >= 0.3 is 0 Å². The lowest BCUT2D eigenvalue weighted by atomic mass is 10.1. The van der Waals surface area contributed by atoms with Gasteiger partial charge in [-0.3, -0.25) is 9.52 Å². The normalized spacial score (nSPS) is 14.8. The third-order valence-electron chi connectivity index (χ3n) is 4.10. The molecule has 0 spiro atoms. The number of nitrogens with zero attached hydrogens (tertiary/aromatic N) is 1. The smallest absolute Gasteiger partial charge is 0.236 e. The van der Waals surface area contributed by atoms with E-state index in [4.69, 9.17) is 11.6 Å². The fourth-order valence-corrected chi connectivity index (χ4v) is 4.26. The number of hydrogen-bond acceptors (Lipinski definition) is 3. The number of nitrogens with one attached hydrogen (secondary N) is 1. The number of carbonyl (C=O) groups excluding carboxylic acids is 1. The van der Waals surface area contributed by atoms with Crippen LogP contribution in [0.15, 0.2) is 42.5 Å². The minimum atomic E-state index is -3.53. The molecule has 2 aromatic rings. The monoisotopic (exact) mass is 378 g/mol. The number of aryl methyl sites for hydroxylation is 1. The summed E-state index contributed by atoms with van der Waals surface area (Å²) in [6.45, 7) is 2.58. The van der Waals surface area contributed by atoms with Crippen LogP contribution >= 0.6 is 11.6 Å². The second-order valence-corrected chi connectivity index (χ2v) is 8.30. The van der Waals surface area contributed by atoms with E-state index in [1.165, 1.54) is 0 Å². The average molecular weight is 379 g/mol. The van der Waals surface area contributed by atoms with Gasteiger partial charge in [0.25, 0.3) is 0 Å². The number of rotatable bonds is 5. The number of sulfonamides is 1. The maximum atomic E-state index is 12.4. The third kappa shape index (κ3) is 4.32. The van der Waals surface area contributed by atoms with Gasteiger partial charge in [0.1, 0.15) is 0 Å². The molecule has 0 saturated carbocycles. The van der Waals surface area contributed by atoms with Crippen LogP contribution in [0.25, 0.3) is 0 Å². The van der Waals surface area contributed by atoms with Gasteiger partial charge in [0.15, 0.2) is 0 Å². The highest BCUT2D eigenvalue weighted by Gasteiger charge is 2.23. The quantitative estimate of drug-likeness (QED) is 0.862. The number of benzene rings is 2. The number of carbonyl (C=O) groups is 1. The largest absolute Gasteiger partial charge is 0.312 e. The first-order chi connectivity index (χ1) is 11.8. The molecule has 1 amide bonds. The highest BCUT2D eigenvalue weighted by molar-refractivity contribution is 7.91. The molecule has 132 valence electrons. The molecule has 1 heterocycles. The van der Waals surface area contributed by atoms with E-state index in [0.717, 1.165) is 17.7 Å². The Balaban J connectivity index is 1.74. The van der Waals surface area contributed by atoms with Crippen molar-refractivity contribution in [2.24, 2.45) is 0 Å². The van der Waals surface area contributed by atoms with Crippen molar-refractivity contribution in [2.45, 2.75) is 25.5 Å². The van der Waals surface area contributed by atoms with Crippen molar-refractivity contribution >= 4 is 38.9 Å². The predicted molar refractivity (Wildman–Crippen MR) is 100 cm³/mol. The van der Waals surface area contributed by atoms with Crippen molar-refractivity contribution in [1.29, 1.82) is 0 Å². The standard InChI is InChI=1S/C18H19ClN2O3S/c1-13-11-16(8-9-17(13)21-10-2-3-18(21)22)20-25(23,24)12-14-4-6-15(19)7-5-14/h4-9,11,20H,2-3,10,12H2,1H3. The highest BCUT2D eigenvalue weighted by atomic mass is 35.5. The van der Waals surface area contributed by atoms with Crippen LogP contribution in [-0.4, -0.2) is 20.9 Å². The van der Waals surface area contributed by atoms with Gasteiger partial charge in [-0.1, -0.05) is 23.7 Å². The topological polar surface area (TPSA) is 66.5 Å². The SMILES string of the molecule is Cc1cc(NS(=O)(=O)Cc2ccc(Cl)cc2)ccc1N1CCCC1=O. The molecule has 2 aromatic carbocycles. The van der Waals surface area contributed by atoms with Gasteiger partial charge in [0, 0.05) is 29.4 Å². The second-order valence-electron chi connectivity index (χ2n) is 6.14. The summed E-state index contributed by atoms with van der Waals surface area (Å²) >= 11 is 5.82. The molecule has 1 N–H and O–H groups in total. The molecular formula is C18H19ClN2O3S. The van der Waals surface area contributed by atoms with Crippen molar-refractivity contribution in [1.82, 2.24) is 0 Å². The fourth-order valence-electron chi connectivity index (χ4n) is 2.94. The van der Waals surface area contributed by atoms with Gasteiger partial charge in [0.2, 0.25) is 15.9 Å². The Morgan fingerprint density at radius 3 is 2.48 bits per heavy atom. The lowest BCUT2D eigenvalue weighted by Gasteiger charge is -2.19. The summed E-state index contributed by atoms with van der Waals surface area (Å²) < 4.78 is 27.3. The molecule has 7 heteroatoms. The van der Waals surface area contributed by atoms with Crippen LogP contribution < -0.4 is 9.62 Å². The molecule has 1 fully saturated rings. The van der Waals surface area contributed by atoms with Gasteiger partial charge in [-0.25, -0.2) is 8.42 Å². The van der Waals surface area contributed by atoms with Crippen molar-refractivity contribution in [3.63, 3.8) is 0 Å². The first kappa shape index (κ1) is 17.8. The molecule has 0 aliphatic carbocycles. The Bertz CT molecular complexity index is 895. The maximum Gasteiger partial charge on any atom is 0.236 e. The van der Waals surface area contributed by atoms with Crippen molar-refractivity contribution in [3.8, 4) is 0 Å². The lowest BCUT2D eigenvalue weighted by Crippen LogP contribution is -2.24. The van der Waals surface area contributed by atoms with Crippen LogP contribution in [0.4, 0.5) is 11.4 Å². The number of anilines is 2. The van der Waals surface area contributed by atoms with E-state index in [9.17, 15) is 13.2 Å². The Morgan fingerprint density at radius 1 is 1.16 bits per heavy atom. The van der Waals surface area contributed by atoms with Gasteiger partial charge in [-0.15, -0.1) is 0 Å². The van der Waals surface area contributed by atoms with Crippen molar-refractivity contribution < 1.29 is 13.2 Å². The van der Waals surface area contributed by atoms with Crippen LogP contribution in [0.5, 0.6) is 0 Å². The summed E-state index contributed by atoms with van der Waals surface area (Å²) in [7, 11) is -3.53. The Kier molecular flexibility index (Phi) is 5.01. The Hall–Kier alpha value is -2.05. The van der Waals surface area contributed by atoms with Gasteiger partial charge in [-0.2, -0.15) is 0 Å². The average Bonchev–Trinajstić information content (AvgIpc) is 2.95. The fraction of sp³-hybridized carbons (Fsp3) is 0.278. The zero-order valence-corrected chi connectivity index (χ0v) is 15.4. The summed E-state index contributed by atoms with van der Waals surface area (Å²) in [5.74, 6) is -0.0190. The van der Waals surface area contributed by atoms with Gasteiger partial charge in [0.05, 0.1) is 5.75 Å². The molecule has 1 aliphatic heterocycles. The molecule has 0 unspecified atom stereocenters. The van der Waals surface area contributed by atoms with Crippen LogP contribution in [0.3, 0.4) is 0 Å². The summed E-state index contributed by atoms with van der Waals surface area (Å²) in [6.07, 6.45) is 1.42. The number of halogens is 1. The van der Waals surface area contributed by atoms with E-state index in [1.54, 1.807) is 47.4 Å².